The van der Waals surface area contributed by atoms with Crippen LogP contribution >= 0.6 is 22.7 Å². The minimum atomic E-state index is -0.151. The highest BCUT2D eigenvalue weighted by Crippen LogP contribution is 2.26. The summed E-state index contributed by atoms with van der Waals surface area (Å²) in [5.41, 5.74) is 16.3. The molecule has 0 amide bonds. The van der Waals surface area contributed by atoms with Crippen molar-refractivity contribution in [3.05, 3.63) is 165 Å². The number of rotatable bonds is 23. The number of unbranched alkanes of at least 4 members (excludes halogenated alkanes) is 3. The van der Waals surface area contributed by atoms with E-state index in [0.717, 1.165) is 58.3 Å². The summed E-state index contributed by atoms with van der Waals surface area (Å²) in [4.78, 5) is 28.6. The minimum Gasteiger partial charge on any atom is -0.494 e. The lowest BCUT2D eigenvalue weighted by atomic mass is 10.0. The highest BCUT2D eigenvalue weighted by atomic mass is 32.1. The third kappa shape index (κ3) is 12.1. The summed E-state index contributed by atoms with van der Waals surface area (Å²) in [7, 11) is 0. The van der Waals surface area contributed by atoms with E-state index in [4.69, 9.17) is 9.47 Å². The SMILES string of the molecule is O=C(CC(NNc1ccccc1)c1cccs1)c1ccc(OCCCCCCOc2ccc(C(=O)CC(NNc3ccccc3)c3cccs3)cc2)cc1. The van der Waals surface area contributed by atoms with Gasteiger partial charge in [0.1, 0.15) is 11.5 Å². The summed E-state index contributed by atoms with van der Waals surface area (Å²) in [6.07, 6.45) is 4.58. The Morgan fingerprint density at radius 1 is 0.481 bits per heavy atom. The zero-order valence-corrected chi connectivity index (χ0v) is 31.8. The van der Waals surface area contributed by atoms with Gasteiger partial charge in [-0.05, 0) is 121 Å². The maximum atomic E-state index is 13.2. The summed E-state index contributed by atoms with van der Waals surface area (Å²) in [6, 6.07) is 42.4. The Balaban J connectivity index is 0.851. The Hall–Kier alpha value is -5.26. The average molecular weight is 759 g/mol. The number of ketones is 2. The largest absolute Gasteiger partial charge is 0.494 e. The first-order chi connectivity index (χ1) is 26.6. The van der Waals surface area contributed by atoms with Gasteiger partial charge in [0, 0.05) is 45.1 Å². The fourth-order valence-electron chi connectivity index (χ4n) is 5.83. The van der Waals surface area contributed by atoms with Crippen LogP contribution < -0.4 is 31.2 Å². The molecule has 4 N–H and O–H groups in total. The Morgan fingerprint density at radius 2 is 0.889 bits per heavy atom. The van der Waals surface area contributed by atoms with Crippen LogP contribution in [0.1, 0.15) is 81.1 Å². The second-order valence-corrected chi connectivity index (χ2v) is 14.8. The van der Waals surface area contributed by atoms with E-state index in [0.29, 0.717) is 37.2 Å². The first-order valence-electron chi connectivity index (χ1n) is 18.3. The predicted molar refractivity (Wildman–Crippen MR) is 221 cm³/mol. The van der Waals surface area contributed by atoms with Gasteiger partial charge in [-0.3, -0.25) is 9.59 Å². The molecule has 54 heavy (non-hydrogen) atoms. The molecule has 2 unspecified atom stereocenters. The molecule has 6 aromatic rings. The first kappa shape index (κ1) is 38.5. The van der Waals surface area contributed by atoms with Crippen LogP contribution in [0.2, 0.25) is 0 Å². The summed E-state index contributed by atoms with van der Waals surface area (Å²) in [6.45, 7) is 1.23. The summed E-state index contributed by atoms with van der Waals surface area (Å²) in [5.74, 6) is 1.66. The molecule has 0 saturated heterocycles. The van der Waals surface area contributed by atoms with E-state index in [1.54, 1.807) is 22.7 Å². The molecule has 4 aromatic carbocycles. The molecule has 8 nitrogen and oxygen atoms in total. The summed E-state index contributed by atoms with van der Waals surface area (Å²) < 4.78 is 11.9. The molecule has 6 rings (SSSR count). The van der Waals surface area contributed by atoms with Gasteiger partial charge >= 0.3 is 0 Å². The van der Waals surface area contributed by atoms with Crippen LogP contribution in [-0.4, -0.2) is 24.8 Å². The number of para-hydroxylation sites is 2. The Morgan fingerprint density at radius 3 is 1.26 bits per heavy atom. The second-order valence-electron chi connectivity index (χ2n) is 12.8. The van der Waals surface area contributed by atoms with Crippen molar-refractivity contribution >= 4 is 45.6 Å². The van der Waals surface area contributed by atoms with Gasteiger partial charge in [-0.25, -0.2) is 10.9 Å². The molecule has 0 aliphatic carbocycles. The Labute approximate surface area is 325 Å². The van der Waals surface area contributed by atoms with Crippen LogP contribution in [0.25, 0.3) is 0 Å². The van der Waals surface area contributed by atoms with Crippen molar-refractivity contribution in [1.29, 1.82) is 0 Å². The van der Waals surface area contributed by atoms with Gasteiger partial charge in [0.2, 0.25) is 0 Å². The lowest BCUT2D eigenvalue weighted by Crippen LogP contribution is -2.28. The number of hydrazine groups is 2. The first-order valence-corrected chi connectivity index (χ1v) is 20.1. The number of hydrogen-bond donors (Lipinski definition) is 4. The highest BCUT2D eigenvalue weighted by Gasteiger charge is 2.20. The van der Waals surface area contributed by atoms with Crippen LogP contribution in [0.5, 0.6) is 11.5 Å². The van der Waals surface area contributed by atoms with Gasteiger partial charge in [0.25, 0.3) is 0 Å². The number of hydrogen-bond acceptors (Lipinski definition) is 10. The van der Waals surface area contributed by atoms with Gasteiger partial charge in [0.05, 0.1) is 25.3 Å². The van der Waals surface area contributed by atoms with Gasteiger partial charge in [-0.15, -0.1) is 22.7 Å². The van der Waals surface area contributed by atoms with Crippen molar-refractivity contribution in [3.8, 4) is 11.5 Å². The zero-order chi connectivity index (χ0) is 37.2. The fraction of sp³-hybridized carbons (Fsp3) is 0.227. The molecule has 0 bridgehead atoms. The lowest BCUT2D eigenvalue weighted by Gasteiger charge is -2.18. The molecule has 2 heterocycles. The van der Waals surface area contributed by atoms with E-state index in [-0.39, 0.29) is 23.7 Å². The van der Waals surface area contributed by atoms with E-state index >= 15 is 0 Å². The normalized spacial score (nSPS) is 12.1. The zero-order valence-electron chi connectivity index (χ0n) is 30.1. The van der Waals surface area contributed by atoms with Crippen molar-refractivity contribution in [2.45, 2.75) is 50.6 Å². The van der Waals surface area contributed by atoms with Crippen molar-refractivity contribution in [2.75, 3.05) is 24.1 Å². The monoisotopic (exact) mass is 758 g/mol. The van der Waals surface area contributed by atoms with Gasteiger partial charge < -0.3 is 20.3 Å². The third-order valence-corrected chi connectivity index (χ3v) is 10.8. The predicted octanol–water partition coefficient (Wildman–Crippen LogP) is 10.7. The number of Topliss-reactive ketones (excluding diaryl/α,β-unsaturated/α-hetero) is 2. The standard InChI is InChI=1S/C44H46N4O4S2/c49-41(31-39(43-17-11-29-53-43)47-45-35-13-5-3-6-14-35)33-19-23-37(24-20-33)51-27-9-1-2-10-28-52-38-25-21-34(22-26-38)42(50)32-40(44-18-12-30-54-44)48-46-36-15-7-4-8-16-36/h3-8,11-26,29-30,39-40,45-48H,1-2,9-10,27-28,31-32H2. The van der Waals surface area contributed by atoms with Crippen LogP contribution in [0.15, 0.2) is 144 Å². The van der Waals surface area contributed by atoms with E-state index in [1.165, 1.54) is 0 Å². The lowest BCUT2D eigenvalue weighted by molar-refractivity contribution is 0.0962. The average Bonchev–Trinajstić information content (AvgIpc) is 3.96. The molecular formula is C44H46N4O4S2. The number of carbonyl (C=O) groups is 2. The van der Waals surface area contributed by atoms with E-state index in [9.17, 15) is 9.59 Å². The van der Waals surface area contributed by atoms with Gasteiger partial charge in [0.15, 0.2) is 11.6 Å². The maximum absolute atomic E-state index is 13.2. The van der Waals surface area contributed by atoms with Gasteiger partial charge in [-0.2, -0.15) is 0 Å². The molecule has 0 fully saturated rings. The molecule has 10 heteroatoms. The van der Waals surface area contributed by atoms with E-state index < -0.39 is 0 Å². The van der Waals surface area contributed by atoms with Crippen LogP contribution in [0.3, 0.4) is 0 Å². The molecule has 0 aliphatic heterocycles. The van der Waals surface area contributed by atoms with Gasteiger partial charge in [-0.1, -0.05) is 48.5 Å². The number of nitrogens with one attached hydrogen (secondary N) is 4. The molecule has 2 aromatic heterocycles. The quantitative estimate of drug-likeness (QED) is 0.0291. The molecular weight excluding hydrogens is 713 g/mol. The van der Waals surface area contributed by atoms with Crippen molar-refractivity contribution < 1.29 is 19.1 Å². The minimum absolute atomic E-state index is 0.0670. The van der Waals surface area contributed by atoms with Crippen molar-refractivity contribution in [3.63, 3.8) is 0 Å². The topological polar surface area (TPSA) is 101 Å². The number of carbonyl (C=O) groups excluding carboxylic acids is 2. The number of thiophene rings is 2. The van der Waals surface area contributed by atoms with E-state index in [1.807, 2.05) is 144 Å². The number of anilines is 2. The smallest absolute Gasteiger partial charge is 0.164 e. The molecule has 0 spiro atoms. The second kappa shape index (κ2) is 20.8. The van der Waals surface area contributed by atoms with Crippen molar-refractivity contribution in [1.82, 2.24) is 10.9 Å². The summed E-state index contributed by atoms with van der Waals surface area (Å²) >= 11 is 3.26. The number of ether oxygens (including phenoxy) is 2. The van der Waals surface area contributed by atoms with E-state index in [2.05, 4.69) is 21.7 Å². The molecule has 278 valence electrons. The van der Waals surface area contributed by atoms with Crippen LogP contribution in [0.4, 0.5) is 11.4 Å². The van der Waals surface area contributed by atoms with Crippen LogP contribution in [0, 0.1) is 0 Å². The fourth-order valence-corrected chi connectivity index (χ4v) is 7.38. The molecule has 0 saturated carbocycles. The van der Waals surface area contributed by atoms with Crippen molar-refractivity contribution in [2.24, 2.45) is 0 Å². The molecule has 0 radical (unpaired) electrons. The van der Waals surface area contributed by atoms with Crippen LogP contribution in [-0.2, 0) is 0 Å². The Kier molecular flexibility index (Phi) is 14.8. The molecule has 2 atom stereocenters. The highest BCUT2D eigenvalue weighted by molar-refractivity contribution is 7.10. The summed E-state index contributed by atoms with van der Waals surface area (Å²) in [5, 5.41) is 4.05. The maximum Gasteiger partial charge on any atom is 0.164 e. The number of benzene rings is 4. The Bertz CT molecular complexity index is 1810. The molecule has 0 aliphatic rings. The third-order valence-electron chi connectivity index (χ3n) is 8.81.